The number of rotatable bonds is 3. The smallest absolute Gasteiger partial charge is 0.131 e. The Morgan fingerprint density at radius 2 is 2.25 bits per heavy atom. The first-order valence-electron chi connectivity index (χ1n) is 5.78. The number of piperidine rings is 1. The van der Waals surface area contributed by atoms with Gasteiger partial charge in [-0.15, -0.1) is 0 Å². The number of halogens is 1. The van der Waals surface area contributed by atoms with Gasteiger partial charge >= 0.3 is 0 Å². The third kappa shape index (κ3) is 3.35. The average Bonchev–Trinajstić information content (AvgIpc) is 2.28. The molecule has 1 saturated heterocycles. The molecule has 0 atom stereocenters. The molecule has 0 aliphatic carbocycles. The summed E-state index contributed by atoms with van der Waals surface area (Å²) < 4.78 is 0. The molecule has 1 fully saturated rings. The number of nitrogens with zero attached hydrogens (tertiary/aromatic N) is 2. The second-order valence-corrected chi connectivity index (χ2v) is 4.88. The molecular weight excluding hydrogens is 222 g/mol. The van der Waals surface area contributed by atoms with Gasteiger partial charge in [-0.25, -0.2) is 4.98 Å². The van der Waals surface area contributed by atoms with Crippen molar-refractivity contribution in [2.75, 3.05) is 32.0 Å². The van der Waals surface area contributed by atoms with Crippen LogP contribution in [-0.4, -0.2) is 36.6 Å². The van der Waals surface area contributed by atoms with Crippen LogP contribution in [0, 0.1) is 5.92 Å². The number of nitrogens with one attached hydrogen (secondary N) is 1. The second kappa shape index (κ2) is 5.51. The Balaban J connectivity index is 1.79. The lowest BCUT2D eigenvalue weighted by Crippen LogP contribution is -2.32. The van der Waals surface area contributed by atoms with Gasteiger partial charge in [0.15, 0.2) is 0 Å². The van der Waals surface area contributed by atoms with Gasteiger partial charge in [-0.3, -0.25) is 0 Å². The van der Waals surface area contributed by atoms with Crippen LogP contribution in [0.5, 0.6) is 0 Å². The van der Waals surface area contributed by atoms with Gasteiger partial charge in [0.25, 0.3) is 0 Å². The Kier molecular flexibility index (Phi) is 4.02. The van der Waals surface area contributed by atoms with Crippen molar-refractivity contribution in [2.45, 2.75) is 12.8 Å². The predicted octanol–water partition coefficient (Wildman–Crippen LogP) is 2.49. The maximum absolute atomic E-state index is 5.83. The monoisotopic (exact) mass is 239 g/mol. The van der Waals surface area contributed by atoms with Crippen LogP contribution in [0.2, 0.25) is 5.15 Å². The molecule has 0 spiro atoms. The molecule has 1 aliphatic heterocycles. The Bertz CT molecular complexity index is 335. The normalized spacial score (nSPS) is 18.6. The molecule has 1 aromatic heterocycles. The summed E-state index contributed by atoms with van der Waals surface area (Å²) in [5, 5.41) is 3.98. The van der Waals surface area contributed by atoms with Gasteiger partial charge in [-0.1, -0.05) is 11.6 Å². The quantitative estimate of drug-likeness (QED) is 0.822. The van der Waals surface area contributed by atoms with E-state index in [0.717, 1.165) is 18.2 Å². The van der Waals surface area contributed by atoms with Gasteiger partial charge in [-0.2, -0.15) is 0 Å². The van der Waals surface area contributed by atoms with Crippen LogP contribution in [0.1, 0.15) is 12.8 Å². The summed E-state index contributed by atoms with van der Waals surface area (Å²) >= 11 is 5.83. The van der Waals surface area contributed by atoms with E-state index in [0.29, 0.717) is 5.15 Å². The zero-order valence-electron chi connectivity index (χ0n) is 9.62. The summed E-state index contributed by atoms with van der Waals surface area (Å²) in [6, 6.07) is 3.83. The molecule has 2 rings (SSSR count). The van der Waals surface area contributed by atoms with E-state index in [2.05, 4.69) is 22.2 Å². The first-order valence-corrected chi connectivity index (χ1v) is 6.16. The van der Waals surface area contributed by atoms with Crippen molar-refractivity contribution in [2.24, 2.45) is 5.92 Å². The Morgan fingerprint density at radius 1 is 1.50 bits per heavy atom. The van der Waals surface area contributed by atoms with Crippen LogP contribution in [0.3, 0.4) is 0 Å². The van der Waals surface area contributed by atoms with E-state index in [1.54, 1.807) is 6.20 Å². The molecule has 16 heavy (non-hydrogen) atoms. The molecule has 3 nitrogen and oxygen atoms in total. The zero-order chi connectivity index (χ0) is 11.4. The maximum Gasteiger partial charge on any atom is 0.131 e. The summed E-state index contributed by atoms with van der Waals surface area (Å²) in [7, 11) is 2.19. The van der Waals surface area contributed by atoms with Crippen LogP contribution in [-0.2, 0) is 0 Å². The summed E-state index contributed by atoms with van der Waals surface area (Å²) in [6.45, 7) is 3.46. The first-order chi connectivity index (χ1) is 7.74. The molecule has 4 heteroatoms. The van der Waals surface area contributed by atoms with E-state index in [1.807, 2.05) is 12.1 Å². The standard InChI is InChI=1S/C12H18ClN3/c1-16-6-3-10(4-7-16)9-15-11-2-5-14-12(13)8-11/h2,5,8,10H,3-4,6-7,9H2,1H3,(H,14,15). The van der Waals surface area contributed by atoms with Crippen molar-refractivity contribution in [1.82, 2.24) is 9.88 Å². The minimum absolute atomic E-state index is 0.549. The molecule has 1 N–H and O–H groups in total. The highest BCUT2D eigenvalue weighted by atomic mass is 35.5. The highest BCUT2D eigenvalue weighted by Crippen LogP contribution is 2.18. The summed E-state index contributed by atoms with van der Waals surface area (Å²) in [5.74, 6) is 0.781. The van der Waals surface area contributed by atoms with Gasteiger partial charge in [0.1, 0.15) is 5.15 Å². The van der Waals surface area contributed by atoms with Crippen molar-refractivity contribution in [3.05, 3.63) is 23.5 Å². The van der Waals surface area contributed by atoms with Gasteiger partial charge in [0.05, 0.1) is 0 Å². The lowest BCUT2D eigenvalue weighted by atomic mass is 9.97. The third-order valence-electron chi connectivity index (χ3n) is 3.16. The molecule has 0 aromatic carbocycles. The topological polar surface area (TPSA) is 28.2 Å². The molecule has 0 amide bonds. The molecule has 0 bridgehead atoms. The molecule has 1 aliphatic rings. The van der Waals surface area contributed by atoms with E-state index in [9.17, 15) is 0 Å². The second-order valence-electron chi connectivity index (χ2n) is 4.49. The number of anilines is 1. The zero-order valence-corrected chi connectivity index (χ0v) is 10.4. The maximum atomic E-state index is 5.83. The fourth-order valence-corrected chi connectivity index (χ4v) is 2.21. The van der Waals surface area contributed by atoms with Crippen molar-refractivity contribution in [3.8, 4) is 0 Å². The van der Waals surface area contributed by atoms with Gasteiger partial charge in [0, 0.05) is 18.4 Å². The van der Waals surface area contributed by atoms with Gasteiger partial charge in [-0.05, 0) is 51.0 Å². The highest BCUT2D eigenvalue weighted by molar-refractivity contribution is 6.29. The lowest BCUT2D eigenvalue weighted by Gasteiger charge is -2.29. The van der Waals surface area contributed by atoms with Crippen molar-refractivity contribution in [1.29, 1.82) is 0 Å². The van der Waals surface area contributed by atoms with Crippen molar-refractivity contribution in [3.63, 3.8) is 0 Å². The molecular formula is C12H18ClN3. The van der Waals surface area contributed by atoms with Crippen LogP contribution in [0.15, 0.2) is 18.3 Å². The van der Waals surface area contributed by atoms with Crippen LogP contribution < -0.4 is 5.32 Å². The number of pyridine rings is 1. The molecule has 0 unspecified atom stereocenters. The molecule has 0 saturated carbocycles. The fourth-order valence-electron chi connectivity index (χ4n) is 2.04. The van der Waals surface area contributed by atoms with E-state index in [1.165, 1.54) is 25.9 Å². The Morgan fingerprint density at radius 3 is 2.94 bits per heavy atom. The number of hydrogen-bond acceptors (Lipinski definition) is 3. The van der Waals surface area contributed by atoms with Crippen molar-refractivity contribution >= 4 is 17.3 Å². The largest absolute Gasteiger partial charge is 0.385 e. The Labute approximate surface area is 102 Å². The number of aromatic nitrogens is 1. The lowest BCUT2D eigenvalue weighted by molar-refractivity contribution is 0.226. The van der Waals surface area contributed by atoms with E-state index in [-0.39, 0.29) is 0 Å². The molecule has 88 valence electrons. The third-order valence-corrected chi connectivity index (χ3v) is 3.37. The van der Waals surface area contributed by atoms with Crippen LogP contribution >= 0.6 is 11.6 Å². The molecule has 2 heterocycles. The molecule has 1 aromatic rings. The summed E-state index contributed by atoms with van der Waals surface area (Å²) in [4.78, 5) is 6.35. The van der Waals surface area contributed by atoms with Gasteiger partial charge < -0.3 is 10.2 Å². The highest BCUT2D eigenvalue weighted by Gasteiger charge is 2.15. The predicted molar refractivity (Wildman–Crippen MR) is 68.0 cm³/mol. The summed E-state index contributed by atoms with van der Waals surface area (Å²) in [5.41, 5.74) is 1.07. The Hall–Kier alpha value is -0.800. The van der Waals surface area contributed by atoms with Crippen LogP contribution in [0.25, 0.3) is 0 Å². The fraction of sp³-hybridized carbons (Fsp3) is 0.583. The van der Waals surface area contributed by atoms with E-state index in [4.69, 9.17) is 11.6 Å². The van der Waals surface area contributed by atoms with Crippen molar-refractivity contribution < 1.29 is 0 Å². The van der Waals surface area contributed by atoms with Crippen LogP contribution in [0.4, 0.5) is 5.69 Å². The van der Waals surface area contributed by atoms with E-state index >= 15 is 0 Å². The summed E-state index contributed by atoms with van der Waals surface area (Å²) in [6.07, 6.45) is 4.30. The first kappa shape index (κ1) is 11.7. The molecule has 0 radical (unpaired) electrons. The van der Waals surface area contributed by atoms with E-state index < -0.39 is 0 Å². The minimum atomic E-state index is 0.549. The average molecular weight is 240 g/mol. The van der Waals surface area contributed by atoms with Gasteiger partial charge in [0.2, 0.25) is 0 Å². The number of likely N-dealkylation sites (tertiary alicyclic amines) is 1. The number of hydrogen-bond donors (Lipinski definition) is 1. The SMILES string of the molecule is CN1CCC(CNc2ccnc(Cl)c2)CC1. The minimum Gasteiger partial charge on any atom is -0.385 e.